The van der Waals surface area contributed by atoms with Crippen molar-refractivity contribution in [3.05, 3.63) is 45.0 Å². The third-order valence-electron chi connectivity index (χ3n) is 2.07. The zero-order valence-corrected chi connectivity index (χ0v) is 8.14. The second kappa shape index (κ2) is 3.47. The summed E-state index contributed by atoms with van der Waals surface area (Å²) in [7, 11) is 0. The molecule has 0 aliphatic heterocycles. The Labute approximate surface area is 88.5 Å². The van der Waals surface area contributed by atoms with Gasteiger partial charge in [0.1, 0.15) is 5.82 Å². The Kier molecular flexibility index (Phi) is 2.28. The van der Waals surface area contributed by atoms with E-state index in [9.17, 15) is 14.0 Å². The third kappa shape index (κ3) is 1.53. The van der Waals surface area contributed by atoms with E-state index in [1.807, 2.05) is 0 Å². The van der Waals surface area contributed by atoms with E-state index in [1.165, 1.54) is 18.2 Å². The van der Waals surface area contributed by atoms with E-state index < -0.39 is 11.4 Å². The number of aromatic nitrogens is 1. The van der Waals surface area contributed by atoms with Crippen LogP contribution in [0.2, 0.25) is 5.02 Å². The molecule has 0 amide bonds. The smallest absolute Gasteiger partial charge is 0.260 e. The zero-order chi connectivity index (χ0) is 11.0. The molecule has 0 saturated carbocycles. The summed E-state index contributed by atoms with van der Waals surface area (Å²) >= 11 is 5.80. The highest BCUT2D eigenvalue weighted by Crippen LogP contribution is 2.23. The number of pyridine rings is 1. The molecule has 1 aromatic carbocycles. The van der Waals surface area contributed by atoms with E-state index in [1.54, 1.807) is 0 Å². The molecule has 0 bridgehead atoms. The monoisotopic (exact) mass is 225 g/mol. The van der Waals surface area contributed by atoms with Crippen LogP contribution in [-0.4, -0.2) is 11.3 Å². The second-order valence-electron chi connectivity index (χ2n) is 2.99. The molecule has 0 atom stereocenters. The number of carbonyl (C=O) groups excluding carboxylic acids is 1. The van der Waals surface area contributed by atoms with Crippen LogP contribution in [0.25, 0.3) is 10.9 Å². The predicted molar refractivity (Wildman–Crippen MR) is 54.9 cm³/mol. The van der Waals surface area contributed by atoms with Gasteiger partial charge in [0, 0.05) is 5.39 Å². The fraction of sp³-hybridized carbons (Fsp3) is 0. The van der Waals surface area contributed by atoms with Crippen LogP contribution in [0.1, 0.15) is 10.4 Å². The molecule has 1 heterocycles. The lowest BCUT2D eigenvalue weighted by Crippen LogP contribution is -2.12. The molecule has 0 aliphatic carbocycles. The van der Waals surface area contributed by atoms with Gasteiger partial charge in [0.25, 0.3) is 5.56 Å². The number of benzene rings is 1. The molecule has 0 spiro atoms. The fourth-order valence-electron chi connectivity index (χ4n) is 1.35. The van der Waals surface area contributed by atoms with Gasteiger partial charge in [-0.2, -0.15) is 0 Å². The lowest BCUT2D eigenvalue weighted by Gasteiger charge is -2.02. The third-order valence-corrected chi connectivity index (χ3v) is 2.47. The summed E-state index contributed by atoms with van der Waals surface area (Å²) in [6.45, 7) is 0. The molecule has 15 heavy (non-hydrogen) atoms. The Morgan fingerprint density at radius 2 is 2.13 bits per heavy atom. The van der Waals surface area contributed by atoms with Crippen LogP contribution in [0.3, 0.4) is 0 Å². The average molecular weight is 226 g/mol. The summed E-state index contributed by atoms with van der Waals surface area (Å²) < 4.78 is 12.9. The first-order valence-electron chi connectivity index (χ1n) is 4.09. The van der Waals surface area contributed by atoms with Crippen LogP contribution in [0, 0.1) is 5.82 Å². The number of aldehydes is 1. The van der Waals surface area contributed by atoms with Crippen molar-refractivity contribution in [2.45, 2.75) is 0 Å². The maximum absolute atomic E-state index is 12.9. The molecule has 0 aliphatic rings. The second-order valence-corrected chi connectivity index (χ2v) is 3.37. The van der Waals surface area contributed by atoms with E-state index in [4.69, 9.17) is 11.6 Å². The van der Waals surface area contributed by atoms with Crippen molar-refractivity contribution in [2.75, 3.05) is 0 Å². The minimum atomic E-state index is -0.575. The molecule has 2 rings (SSSR count). The van der Waals surface area contributed by atoms with Gasteiger partial charge in [-0.3, -0.25) is 9.59 Å². The number of rotatable bonds is 1. The summed E-state index contributed by atoms with van der Waals surface area (Å²) in [6, 6.07) is 3.77. The molecule has 1 N–H and O–H groups in total. The highest BCUT2D eigenvalue weighted by atomic mass is 35.5. The van der Waals surface area contributed by atoms with Crippen molar-refractivity contribution < 1.29 is 9.18 Å². The maximum atomic E-state index is 12.9. The quantitative estimate of drug-likeness (QED) is 0.756. The lowest BCUT2D eigenvalue weighted by atomic mass is 10.1. The number of nitrogens with one attached hydrogen (secondary N) is 1. The zero-order valence-electron chi connectivity index (χ0n) is 7.38. The highest BCUT2D eigenvalue weighted by molar-refractivity contribution is 6.37. The summed E-state index contributed by atoms with van der Waals surface area (Å²) in [6.07, 6.45) is 0.353. The first-order valence-corrected chi connectivity index (χ1v) is 4.47. The van der Waals surface area contributed by atoms with Crippen molar-refractivity contribution in [3.8, 4) is 0 Å². The summed E-state index contributed by atoms with van der Waals surface area (Å²) in [5.41, 5.74) is -0.360. The van der Waals surface area contributed by atoms with Gasteiger partial charge >= 0.3 is 0 Å². The summed E-state index contributed by atoms with van der Waals surface area (Å²) in [5, 5.41) is 0.293. The normalized spacial score (nSPS) is 10.5. The Morgan fingerprint density at radius 3 is 2.80 bits per heavy atom. The van der Waals surface area contributed by atoms with Gasteiger partial charge in [0.15, 0.2) is 6.29 Å². The minimum Gasteiger partial charge on any atom is -0.321 e. The molecule has 5 heteroatoms. The van der Waals surface area contributed by atoms with Crippen molar-refractivity contribution in [2.24, 2.45) is 0 Å². The number of aromatic amines is 1. The van der Waals surface area contributed by atoms with E-state index in [0.29, 0.717) is 17.2 Å². The highest BCUT2D eigenvalue weighted by Gasteiger charge is 2.10. The number of H-pyrrole nitrogens is 1. The topological polar surface area (TPSA) is 49.9 Å². The summed E-state index contributed by atoms with van der Waals surface area (Å²) in [4.78, 5) is 24.3. The van der Waals surface area contributed by atoms with Crippen LogP contribution < -0.4 is 5.56 Å². The largest absolute Gasteiger partial charge is 0.321 e. The minimum absolute atomic E-state index is 0.0248. The van der Waals surface area contributed by atoms with Crippen molar-refractivity contribution in [1.82, 2.24) is 4.98 Å². The van der Waals surface area contributed by atoms with Crippen molar-refractivity contribution in [1.29, 1.82) is 0 Å². The first-order chi connectivity index (χ1) is 7.13. The molecule has 0 fully saturated rings. The number of carbonyl (C=O) groups is 1. The SMILES string of the molecule is O=Cc1c(Cl)c2cc(F)ccc2[nH]c1=O. The van der Waals surface area contributed by atoms with Gasteiger partial charge in [-0.1, -0.05) is 11.6 Å². The first kappa shape index (κ1) is 9.86. The number of hydrogen-bond donors (Lipinski definition) is 1. The van der Waals surface area contributed by atoms with Crippen molar-refractivity contribution >= 4 is 28.8 Å². The number of fused-ring (bicyclic) bond motifs is 1. The molecule has 0 radical (unpaired) electrons. The maximum Gasteiger partial charge on any atom is 0.260 e. The van der Waals surface area contributed by atoms with Gasteiger partial charge < -0.3 is 4.98 Å². The molecule has 76 valence electrons. The molecule has 3 nitrogen and oxygen atoms in total. The fourth-order valence-corrected chi connectivity index (χ4v) is 1.63. The van der Waals surface area contributed by atoms with Gasteiger partial charge in [0.05, 0.1) is 16.1 Å². The standard InChI is InChI=1S/C10H5ClFNO2/c11-9-6-3-5(12)1-2-8(6)13-10(15)7(9)4-14/h1-4H,(H,13,15). The van der Waals surface area contributed by atoms with Crippen LogP contribution in [0.15, 0.2) is 23.0 Å². The lowest BCUT2D eigenvalue weighted by molar-refractivity contribution is 0.112. The Balaban J connectivity index is 2.98. The van der Waals surface area contributed by atoms with Crippen LogP contribution in [0.5, 0.6) is 0 Å². The van der Waals surface area contributed by atoms with E-state index in [0.717, 1.165) is 0 Å². The van der Waals surface area contributed by atoms with Crippen molar-refractivity contribution in [3.63, 3.8) is 0 Å². The average Bonchev–Trinajstić information content (AvgIpc) is 2.20. The van der Waals surface area contributed by atoms with Crippen LogP contribution in [0.4, 0.5) is 4.39 Å². The number of halogens is 2. The Morgan fingerprint density at radius 1 is 1.40 bits per heavy atom. The van der Waals surface area contributed by atoms with Crippen LogP contribution in [-0.2, 0) is 0 Å². The Bertz CT molecular complexity index is 606. The predicted octanol–water partition coefficient (Wildman–Crippen LogP) is 2.13. The van der Waals surface area contributed by atoms with E-state index >= 15 is 0 Å². The van der Waals surface area contributed by atoms with Gasteiger partial charge in [-0.25, -0.2) is 4.39 Å². The molecule has 0 saturated heterocycles. The Hall–Kier alpha value is -1.68. The number of hydrogen-bond acceptors (Lipinski definition) is 2. The molecule has 1 aromatic heterocycles. The van der Waals surface area contributed by atoms with E-state index in [-0.39, 0.29) is 10.6 Å². The van der Waals surface area contributed by atoms with Gasteiger partial charge in [-0.15, -0.1) is 0 Å². The summed E-state index contributed by atoms with van der Waals surface area (Å²) in [5.74, 6) is -0.478. The molecule has 0 unspecified atom stereocenters. The van der Waals surface area contributed by atoms with E-state index in [2.05, 4.69) is 4.98 Å². The van der Waals surface area contributed by atoms with Gasteiger partial charge in [0.2, 0.25) is 0 Å². The molecular formula is C10H5ClFNO2. The van der Waals surface area contributed by atoms with Crippen LogP contribution >= 0.6 is 11.6 Å². The molecule has 2 aromatic rings. The molecular weight excluding hydrogens is 221 g/mol. The van der Waals surface area contributed by atoms with Gasteiger partial charge in [-0.05, 0) is 18.2 Å².